The van der Waals surface area contributed by atoms with Gasteiger partial charge in [0.2, 0.25) is 5.91 Å². The maximum atomic E-state index is 11.9. The highest BCUT2D eigenvalue weighted by Crippen LogP contribution is 2.21. The Morgan fingerprint density at radius 1 is 1.33 bits per heavy atom. The zero-order chi connectivity index (χ0) is 13.0. The van der Waals surface area contributed by atoms with Crippen LogP contribution >= 0.6 is 15.9 Å². The summed E-state index contributed by atoms with van der Waals surface area (Å²) in [6.07, 6.45) is 2.50. The third-order valence-corrected chi connectivity index (χ3v) is 3.76. The lowest BCUT2D eigenvalue weighted by Gasteiger charge is -2.20. The Morgan fingerprint density at radius 2 is 2.06 bits per heavy atom. The summed E-state index contributed by atoms with van der Waals surface area (Å²) >= 11 is 3.40. The van der Waals surface area contributed by atoms with Crippen LogP contribution in [0.4, 0.5) is 0 Å². The Morgan fingerprint density at radius 3 is 2.72 bits per heavy atom. The second-order valence-corrected chi connectivity index (χ2v) is 5.58. The maximum Gasteiger partial charge on any atom is 0.223 e. The third-order valence-electron chi connectivity index (χ3n) is 3.27. The lowest BCUT2D eigenvalue weighted by molar-refractivity contribution is -0.128. The monoisotopic (exact) mass is 309 g/mol. The molecule has 0 aliphatic heterocycles. The number of ketones is 1. The first kappa shape index (κ1) is 13.3. The van der Waals surface area contributed by atoms with Gasteiger partial charge in [0, 0.05) is 29.8 Å². The van der Waals surface area contributed by atoms with E-state index in [1.54, 1.807) is 0 Å². The smallest absolute Gasteiger partial charge is 0.223 e. The molecular weight excluding hydrogens is 294 g/mol. The van der Waals surface area contributed by atoms with Gasteiger partial charge in [-0.3, -0.25) is 9.59 Å². The van der Waals surface area contributed by atoms with Gasteiger partial charge in [0.25, 0.3) is 0 Å². The van der Waals surface area contributed by atoms with Crippen molar-refractivity contribution in [3.63, 3.8) is 0 Å². The second-order valence-electron chi connectivity index (χ2n) is 4.66. The molecule has 3 nitrogen and oxygen atoms in total. The van der Waals surface area contributed by atoms with Crippen LogP contribution in [0.1, 0.15) is 31.2 Å². The van der Waals surface area contributed by atoms with E-state index in [1.807, 2.05) is 24.3 Å². The first-order chi connectivity index (χ1) is 8.65. The average molecular weight is 310 g/mol. The van der Waals surface area contributed by atoms with Crippen LogP contribution in [0.25, 0.3) is 0 Å². The zero-order valence-corrected chi connectivity index (χ0v) is 11.7. The van der Waals surface area contributed by atoms with Crippen molar-refractivity contribution in [3.8, 4) is 0 Å². The summed E-state index contributed by atoms with van der Waals surface area (Å²) in [6, 6.07) is 7.88. The molecule has 4 heteroatoms. The number of rotatable bonds is 3. The van der Waals surface area contributed by atoms with Gasteiger partial charge < -0.3 is 5.32 Å². The Hall–Kier alpha value is -1.16. The van der Waals surface area contributed by atoms with E-state index in [2.05, 4.69) is 21.2 Å². The van der Waals surface area contributed by atoms with Gasteiger partial charge in [-0.1, -0.05) is 28.1 Å². The molecule has 1 aliphatic carbocycles. The molecule has 2 rings (SSSR count). The molecule has 0 unspecified atom stereocenters. The van der Waals surface area contributed by atoms with Crippen molar-refractivity contribution in [3.05, 3.63) is 34.3 Å². The molecule has 0 heterocycles. The fraction of sp³-hybridized carbons (Fsp3) is 0.429. The predicted molar refractivity (Wildman–Crippen MR) is 73.0 cm³/mol. The molecule has 0 saturated heterocycles. The lowest BCUT2D eigenvalue weighted by Crippen LogP contribution is -2.32. The summed E-state index contributed by atoms with van der Waals surface area (Å²) < 4.78 is 1.01. The minimum Gasteiger partial charge on any atom is -0.352 e. The number of amides is 1. The van der Waals surface area contributed by atoms with E-state index >= 15 is 0 Å². The van der Waals surface area contributed by atoms with E-state index in [0.29, 0.717) is 32.2 Å². The maximum absolute atomic E-state index is 11.9. The summed E-state index contributed by atoms with van der Waals surface area (Å²) in [5, 5.41) is 2.94. The van der Waals surface area contributed by atoms with Crippen LogP contribution in [0.2, 0.25) is 0 Å². The van der Waals surface area contributed by atoms with Gasteiger partial charge in [0.15, 0.2) is 0 Å². The number of carbonyl (C=O) groups is 2. The average Bonchev–Trinajstić information content (AvgIpc) is 2.37. The lowest BCUT2D eigenvalue weighted by atomic mass is 9.88. The molecule has 1 amide bonds. The molecule has 1 N–H and O–H groups in total. The van der Waals surface area contributed by atoms with Gasteiger partial charge in [0.1, 0.15) is 5.78 Å². The van der Waals surface area contributed by atoms with Gasteiger partial charge in [-0.25, -0.2) is 0 Å². The minimum atomic E-state index is 0.00912. The SMILES string of the molecule is O=C1CCC(C(=O)NCc2cccc(Br)c2)CC1. The number of hydrogen-bond acceptors (Lipinski definition) is 2. The highest BCUT2D eigenvalue weighted by Gasteiger charge is 2.24. The van der Waals surface area contributed by atoms with E-state index in [4.69, 9.17) is 0 Å². The number of hydrogen-bond donors (Lipinski definition) is 1. The molecule has 18 heavy (non-hydrogen) atoms. The van der Waals surface area contributed by atoms with Gasteiger partial charge in [-0.05, 0) is 30.5 Å². The van der Waals surface area contributed by atoms with Crippen LogP contribution in [0, 0.1) is 5.92 Å². The molecule has 0 spiro atoms. The quantitative estimate of drug-likeness (QED) is 0.933. The van der Waals surface area contributed by atoms with Crippen molar-refractivity contribution in [2.75, 3.05) is 0 Å². The molecule has 1 fully saturated rings. The van der Waals surface area contributed by atoms with Crippen LogP contribution < -0.4 is 5.32 Å². The largest absolute Gasteiger partial charge is 0.352 e. The molecule has 0 atom stereocenters. The number of benzene rings is 1. The number of halogens is 1. The number of carbonyl (C=O) groups excluding carboxylic acids is 2. The van der Waals surface area contributed by atoms with Crippen LogP contribution in [-0.2, 0) is 16.1 Å². The fourth-order valence-electron chi connectivity index (χ4n) is 2.18. The topological polar surface area (TPSA) is 46.2 Å². The van der Waals surface area contributed by atoms with E-state index in [-0.39, 0.29) is 17.6 Å². The highest BCUT2D eigenvalue weighted by molar-refractivity contribution is 9.10. The van der Waals surface area contributed by atoms with E-state index in [9.17, 15) is 9.59 Å². The molecule has 0 radical (unpaired) electrons. The van der Waals surface area contributed by atoms with Crippen molar-refractivity contribution in [2.24, 2.45) is 5.92 Å². The van der Waals surface area contributed by atoms with Crippen LogP contribution in [-0.4, -0.2) is 11.7 Å². The molecule has 1 aromatic rings. The molecule has 0 bridgehead atoms. The summed E-state index contributed by atoms with van der Waals surface area (Å²) in [7, 11) is 0. The summed E-state index contributed by atoms with van der Waals surface area (Å²) in [5.41, 5.74) is 1.07. The summed E-state index contributed by atoms with van der Waals surface area (Å²) in [5.74, 6) is 0.364. The number of Topliss-reactive ketones (excluding diaryl/α,β-unsaturated/α-hetero) is 1. The van der Waals surface area contributed by atoms with Gasteiger partial charge >= 0.3 is 0 Å². The summed E-state index contributed by atoms with van der Waals surface area (Å²) in [6.45, 7) is 0.544. The van der Waals surface area contributed by atoms with Crippen LogP contribution in [0.5, 0.6) is 0 Å². The van der Waals surface area contributed by atoms with Gasteiger partial charge in [-0.2, -0.15) is 0 Å². The first-order valence-electron chi connectivity index (χ1n) is 6.19. The Bertz CT molecular complexity index is 449. The fourth-order valence-corrected chi connectivity index (χ4v) is 2.63. The normalized spacial score (nSPS) is 16.6. The molecule has 1 aliphatic rings. The highest BCUT2D eigenvalue weighted by atomic mass is 79.9. The van der Waals surface area contributed by atoms with Crippen molar-refractivity contribution in [1.82, 2.24) is 5.32 Å². The van der Waals surface area contributed by atoms with Crippen molar-refractivity contribution in [2.45, 2.75) is 32.2 Å². The van der Waals surface area contributed by atoms with Crippen molar-refractivity contribution in [1.29, 1.82) is 0 Å². The minimum absolute atomic E-state index is 0.00912. The van der Waals surface area contributed by atoms with E-state index < -0.39 is 0 Å². The molecule has 0 aromatic heterocycles. The van der Waals surface area contributed by atoms with Gasteiger partial charge in [0.05, 0.1) is 0 Å². The summed E-state index contributed by atoms with van der Waals surface area (Å²) in [4.78, 5) is 23.0. The first-order valence-corrected chi connectivity index (χ1v) is 6.98. The van der Waals surface area contributed by atoms with Crippen LogP contribution in [0.3, 0.4) is 0 Å². The standard InChI is InChI=1S/C14H16BrNO2/c15-12-3-1-2-10(8-12)9-16-14(18)11-4-6-13(17)7-5-11/h1-3,8,11H,4-7,9H2,(H,16,18). The Kier molecular flexibility index (Phi) is 4.53. The second kappa shape index (κ2) is 6.14. The van der Waals surface area contributed by atoms with Crippen molar-refractivity contribution >= 4 is 27.6 Å². The molecule has 96 valence electrons. The molecule has 1 aromatic carbocycles. The molecule has 1 saturated carbocycles. The Labute approximate surface area is 115 Å². The molecular formula is C14H16BrNO2. The number of nitrogens with one attached hydrogen (secondary N) is 1. The van der Waals surface area contributed by atoms with Crippen molar-refractivity contribution < 1.29 is 9.59 Å². The third kappa shape index (κ3) is 3.67. The van der Waals surface area contributed by atoms with Crippen LogP contribution in [0.15, 0.2) is 28.7 Å². The predicted octanol–water partition coefficient (Wildman–Crippen LogP) is 2.82. The van der Waals surface area contributed by atoms with Gasteiger partial charge in [-0.15, -0.1) is 0 Å². The Balaban J connectivity index is 1.83. The van der Waals surface area contributed by atoms with E-state index in [0.717, 1.165) is 10.0 Å². The zero-order valence-electron chi connectivity index (χ0n) is 10.1. The van der Waals surface area contributed by atoms with E-state index in [1.165, 1.54) is 0 Å².